The lowest BCUT2D eigenvalue weighted by molar-refractivity contribution is -0.220. The number of hydrogen-bond donors (Lipinski definition) is 1. The van der Waals surface area contributed by atoms with Gasteiger partial charge in [-0.1, -0.05) is 68.5 Å². The second-order valence-corrected chi connectivity index (χ2v) is 12.4. The maximum Gasteiger partial charge on any atom is 0.331 e. The van der Waals surface area contributed by atoms with Crippen LogP contribution < -0.4 is 10.9 Å². The summed E-state index contributed by atoms with van der Waals surface area (Å²) >= 11 is 0. The van der Waals surface area contributed by atoms with Gasteiger partial charge in [-0.3, -0.25) is 9.59 Å². The van der Waals surface area contributed by atoms with E-state index in [9.17, 15) is 14.4 Å². The third kappa shape index (κ3) is 9.01. The molecular formula is C34H48N2O6. The Hall–Kier alpha value is -2.97. The Kier molecular flexibility index (Phi) is 11.8. The van der Waals surface area contributed by atoms with Gasteiger partial charge in [-0.05, 0) is 76.8 Å². The van der Waals surface area contributed by atoms with Crippen LogP contribution in [0.4, 0.5) is 0 Å². The summed E-state index contributed by atoms with van der Waals surface area (Å²) in [7, 11) is 0. The number of benzene rings is 1. The van der Waals surface area contributed by atoms with Crippen molar-refractivity contribution in [3.63, 3.8) is 0 Å². The summed E-state index contributed by atoms with van der Waals surface area (Å²) in [6.07, 6.45) is 11.3. The topological polar surface area (TPSA) is 95.9 Å². The molecule has 1 saturated carbocycles. The van der Waals surface area contributed by atoms with Gasteiger partial charge in [-0.2, -0.15) is 0 Å². The second kappa shape index (κ2) is 15.5. The van der Waals surface area contributed by atoms with Gasteiger partial charge in [0.15, 0.2) is 6.29 Å². The van der Waals surface area contributed by atoms with Gasteiger partial charge >= 0.3 is 5.97 Å². The van der Waals surface area contributed by atoms with Crippen LogP contribution in [0.25, 0.3) is 0 Å². The smallest absolute Gasteiger partial charge is 0.331 e. The summed E-state index contributed by atoms with van der Waals surface area (Å²) in [4.78, 5) is 40.0. The molecule has 0 bridgehead atoms. The molecule has 0 spiro atoms. The normalized spacial score (nSPS) is 21.5. The van der Waals surface area contributed by atoms with Crippen LogP contribution in [0.3, 0.4) is 0 Å². The highest BCUT2D eigenvalue weighted by molar-refractivity contribution is 5.97. The van der Waals surface area contributed by atoms with Crippen LogP contribution in [-0.4, -0.2) is 47.6 Å². The summed E-state index contributed by atoms with van der Waals surface area (Å²) < 4.78 is 18.2. The van der Waals surface area contributed by atoms with Gasteiger partial charge in [0.1, 0.15) is 17.2 Å². The van der Waals surface area contributed by atoms with Gasteiger partial charge < -0.3 is 24.1 Å². The molecule has 8 nitrogen and oxygen atoms in total. The van der Waals surface area contributed by atoms with E-state index in [4.69, 9.17) is 14.2 Å². The van der Waals surface area contributed by atoms with Gasteiger partial charge in [-0.25, -0.2) is 4.79 Å². The number of pyridine rings is 1. The Morgan fingerprint density at radius 3 is 2.10 bits per heavy atom. The highest BCUT2D eigenvalue weighted by Gasteiger charge is 2.35. The molecule has 0 unspecified atom stereocenters. The molecule has 1 amide bonds. The van der Waals surface area contributed by atoms with Gasteiger partial charge in [0.25, 0.3) is 11.5 Å². The van der Waals surface area contributed by atoms with Crippen molar-refractivity contribution in [3.8, 4) is 0 Å². The summed E-state index contributed by atoms with van der Waals surface area (Å²) in [6.45, 7) is 6.13. The zero-order valence-electron chi connectivity index (χ0n) is 25.6. The number of hydrogen-bond acceptors (Lipinski definition) is 6. The van der Waals surface area contributed by atoms with Crippen LogP contribution in [0.1, 0.15) is 100 Å². The van der Waals surface area contributed by atoms with Crippen molar-refractivity contribution < 1.29 is 23.8 Å². The molecule has 5 rings (SSSR count). The molecule has 1 aromatic heterocycles. The first-order valence-corrected chi connectivity index (χ1v) is 15.8. The van der Waals surface area contributed by atoms with E-state index < -0.39 is 23.5 Å². The van der Waals surface area contributed by atoms with E-state index in [1.165, 1.54) is 25.7 Å². The number of rotatable bonds is 6. The molecule has 1 saturated heterocycles. The molecule has 0 radical (unpaired) electrons. The summed E-state index contributed by atoms with van der Waals surface area (Å²) in [6, 6.07) is 13.8. The lowest BCUT2D eigenvalue weighted by Gasteiger charge is -2.31. The van der Waals surface area contributed by atoms with Crippen LogP contribution in [0.2, 0.25) is 0 Å². The first kappa shape index (κ1) is 32.0. The summed E-state index contributed by atoms with van der Waals surface area (Å²) in [5.41, 5.74) is 0.757. The third-order valence-corrected chi connectivity index (χ3v) is 8.42. The second-order valence-electron chi connectivity index (χ2n) is 12.4. The standard InChI is InChI=1S/C28H42N2O6.C6H6/c1-19-34-17-22(18-35-19)36-27(33)28(2,3)29-25(31)23-15-21-13-9-4-5-10-14-24(21)30(26(23)32)16-20-11-7-6-8-12-20;1-2-4-6-5-3-1/h15,19-20,22H,4-14,16-18H2,1-3H3,(H,29,31);1-6H. The molecule has 1 aromatic carbocycles. The maximum absolute atomic E-state index is 13.7. The molecule has 3 aliphatic rings. The number of aromatic nitrogens is 1. The number of fused-ring (bicyclic) bond motifs is 1. The summed E-state index contributed by atoms with van der Waals surface area (Å²) in [5, 5.41) is 2.77. The molecule has 2 fully saturated rings. The van der Waals surface area contributed by atoms with Crippen molar-refractivity contribution in [1.82, 2.24) is 9.88 Å². The van der Waals surface area contributed by atoms with Gasteiger partial charge in [0.05, 0.1) is 13.2 Å². The number of nitrogens with zero attached hydrogens (tertiary/aromatic N) is 1. The first-order valence-electron chi connectivity index (χ1n) is 15.8. The minimum absolute atomic E-state index is 0.115. The van der Waals surface area contributed by atoms with Gasteiger partial charge in [0, 0.05) is 12.2 Å². The summed E-state index contributed by atoms with van der Waals surface area (Å²) in [5.74, 6) is -0.649. The van der Waals surface area contributed by atoms with E-state index in [1.807, 2.05) is 41.0 Å². The highest BCUT2D eigenvalue weighted by atomic mass is 16.7. The fraction of sp³-hybridized carbons (Fsp3) is 0.618. The largest absolute Gasteiger partial charge is 0.456 e. The third-order valence-electron chi connectivity index (χ3n) is 8.42. The van der Waals surface area contributed by atoms with E-state index >= 15 is 0 Å². The van der Waals surface area contributed by atoms with E-state index in [1.54, 1.807) is 26.8 Å². The predicted octanol–water partition coefficient (Wildman–Crippen LogP) is 5.59. The molecule has 0 atom stereocenters. The van der Waals surface area contributed by atoms with Crippen LogP contribution in [0.5, 0.6) is 0 Å². The number of carbonyl (C=O) groups is 2. The Labute approximate surface area is 250 Å². The van der Waals surface area contributed by atoms with Crippen molar-refractivity contribution in [2.75, 3.05) is 13.2 Å². The maximum atomic E-state index is 13.7. The van der Waals surface area contributed by atoms with Crippen molar-refractivity contribution >= 4 is 11.9 Å². The Morgan fingerprint density at radius 1 is 0.905 bits per heavy atom. The fourth-order valence-corrected chi connectivity index (χ4v) is 5.95. The Morgan fingerprint density at radius 2 is 1.48 bits per heavy atom. The van der Waals surface area contributed by atoms with Crippen LogP contribution in [0, 0.1) is 5.92 Å². The predicted molar refractivity (Wildman–Crippen MR) is 162 cm³/mol. The molecule has 8 heteroatoms. The van der Waals surface area contributed by atoms with Crippen LogP contribution in [-0.2, 0) is 38.4 Å². The molecule has 2 heterocycles. The molecule has 1 aliphatic heterocycles. The molecule has 2 aromatic rings. The average Bonchev–Trinajstić information content (AvgIpc) is 2.98. The van der Waals surface area contributed by atoms with Crippen LogP contribution >= 0.6 is 0 Å². The van der Waals surface area contributed by atoms with Crippen molar-refractivity contribution in [3.05, 3.63) is 69.6 Å². The zero-order valence-corrected chi connectivity index (χ0v) is 25.6. The number of nitrogens with one attached hydrogen (secondary N) is 1. The molecule has 42 heavy (non-hydrogen) atoms. The van der Waals surface area contributed by atoms with E-state index in [0.29, 0.717) is 12.5 Å². The molecular weight excluding hydrogens is 532 g/mol. The van der Waals surface area contributed by atoms with E-state index in [0.717, 1.165) is 56.2 Å². The highest BCUT2D eigenvalue weighted by Crippen LogP contribution is 2.27. The van der Waals surface area contributed by atoms with Crippen molar-refractivity contribution in [2.24, 2.45) is 5.92 Å². The molecule has 230 valence electrons. The number of esters is 1. The molecule has 2 aliphatic carbocycles. The monoisotopic (exact) mass is 580 g/mol. The lowest BCUT2D eigenvalue weighted by Crippen LogP contribution is -2.53. The minimum atomic E-state index is -1.31. The van der Waals surface area contributed by atoms with E-state index in [-0.39, 0.29) is 30.6 Å². The zero-order chi connectivity index (χ0) is 30.0. The number of amides is 1. The lowest BCUT2D eigenvalue weighted by atomic mass is 9.88. The fourth-order valence-electron chi connectivity index (χ4n) is 5.95. The van der Waals surface area contributed by atoms with Gasteiger partial charge in [0.2, 0.25) is 0 Å². The van der Waals surface area contributed by atoms with Crippen molar-refractivity contribution in [1.29, 1.82) is 0 Å². The molecule has 1 N–H and O–H groups in total. The Balaban J connectivity index is 0.000000600. The number of ether oxygens (including phenoxy) is 3. The van der Waals surface area contributed by atoms with Crippen LogP contribution in [0.15, 0.2) is 47.3 Å². The minimum Gasteiger partial charge on any atom is -0.456 e. The first-order chi connectivity index (χ1) is 20.2. The van der Waals surface area contributed by atoms with Gasteiger partial charge in [-0.15, -0.1) is 0 Å². The number of carbonyl (C=O) groups excluding carboxylic acids is 2. The average molecular weight is 581 g/mol. The number of aryl methyl sites for hydroxylation is 1. The van der Waals surface area contributed by atoms with E-state index in [2.05, 4.69) is 5.32 Å². The quantitative estimate of drug-likeness (QED) is 0.448. The Bertz CT molecular complexity index is 1180. The van der Waals surface area contributed by atoms with Crippen molar-refractivity contribution in [2.45, 2.75) is 116 Å². The SMILES string of the molecule is CC1OCC(OC(=O)C(C)(C)NC(=O)c2cc3c(n(CC4CCCCC4)c2=O)CCCCCC3)CO1.c1ccccc1.